The Hall–Kier alpha value is -2.81. The fraction of sp³-hybridized carbons (Fsp3) is 0.400. The van der Waals surface area contributed by atoms with Gasteiger partial charge in [-0.1, -0.05) is 42.1 Å². The molecule has 1 aromatic carbocycles. The average molecular weight is 415 g/mol. The SMILES string of the molecule is CCOc1nn(CC)cc1-c1nnc(SCC(=O)NCCc2ccccc2)n1C. The molecule has 0 aliphatic heterocycles. The number of rotatable bonds is 10. The van der Waals surface area contributed by atoms with E-state index in [9.17, 15) is 4.79 Å². The Balaban J connectivity index is 1.57. The number of benzene rings is 1. The molecule has 8 nitrogen and oxygen atoms in total. The van der Waals surface area contributed by atoms with E-state index in [2.05, 4.69) is 32.7 Å². The Labute approximate surface area is 174 Å². The van der Waals surface area contributed by atoms with E-state index in [-0.39, 0.29) is 11.7 Å². The summed E-state index contributed by atoms with van der Waals surface area (Å²) in [5, 5.41) is 16.6. The highest BCUT2D eigenvalue weighted by molar-refractivity contribution is 7.99. The van der Waals surface area contributed by atoms with Crippen molar-refractivity contribution in [2.45, 2.75) is 32.0 Å². The minimum Gasteiger partial charge on any atom is -0.476 e. The van der Waals surface area contributed by atoms with Gasteiger partial charge in [0.05, 0.1) is 12.4 Å². The van der Waals surface area contributed by atoms with Gasteiger partial charge in [0, 0.05) is 26.3 Å². The van der Waals surface area contributed by atoms with Crippen molar-refractivity contribution in [2.75, 3.05) is 18.9 Å². The molecule has 1 N–H and O–H groups in total. The van der Waals surface area contributed by atoms with Gasteiger partial charge in [-0.15, -0.1) is 15.3 Å². The van der Waals surface area contributed by atoms with Gasteiger partial charge >= 0.3 is 0 Å². The molecule has 0 fully saturated rings. The number of hydrogen-bond donors (Lipinski definition) is 1. The summed E-state index contributed by atoms with van der Waals surface area (Å²) in [7, 11) is 1.88. The summed E-state index contributed by atoms with van der Waals surface area (Å²) in [4.78, 5) is 12.2. The molecule has 0 unspecified atom stereocenters. The number of nitrogens with zero attached hydrogens (tertiary/aromatic N) is 5. The zero-order valence-electron chi connectivity index (χ0n) is 17.0. The van der Waals surface area contributed by atoms with Gasteiger partial charge in [-0.05, 0) is 25.8 Å². The maximum absolute atomic E-state index is 12.2. The smallest absolute Gasteiger partial charge is 0.243 e. The Kier molecular flexibility index (Phi) is 7.29. The van der Waals surface area contributed by atoms with Gasteiger partial charge in [0.1, 0.15) is 5.56 Å². The minimum absolute atomic E-state index is 0.0238. The van der Waals surface area contributed by atoms with Crippen LogP contribution in [0.15, 0.2) is 41.7 Å². The molecular formula is C20H26N6O2S. The fourth-order valence-corrected chi connectivity index (χ4v) is 3.55. The van der Waals surface area contributed by atoms with Crippen molar-refractivity contribution in [1.82, 2.24) is 29.9 Å². The Morgan fingerprint density at radius 2 is 2.00 bits per heavy atom. The van der Waals surface area contributed by atoms with Gasteiger partial charge < -0.3 is 14.6 Å². The quantitative estimate of drug-likeness (QED) is 0.513. The second-order valence-corrected chi connectivity index (χ2v) is 7.32. The lowest BCUT2D eigenvalue weighted by Crippen LogP contribution is -2.27. The van der Waals surface area contributed by atoms with Crippen LogP contribution in [0.25, 0.3) is 11.4 Å². The first-order valence-corrected chi connectivity index (χ1v) is 10.6. The molecule has 9 heteroatoms. The van der Waals surface area contributed by atoms with E-state index in [0.717, 1.165) is 18.5 Å². The molecule has 0 radical (unpaired) electrons. The number of aryl methyl sites for hydroxylation is 1. The van der Waals surface area contributed by atoms with Crippen LogP contribution in [-0.4, -0.2) is 49.4 Å². The van der Waals surface area contributed by atoms with Gasteiger partial charge in [-0.3, -0.25) is 9.48 Å². The molecule has 0 aliphatic rings. The van der Waals surface area contributed by atoms with Crippen molar-refractivity contribution < 1.29 is 9.53 Å². The molecule has 0 atom stereocenters. The summed E-state index contributed by atoms with van der Waals surface area (Å²) in [5.41, 5.74) is 2.00. The summed E-state index contributed by atoms with van der Waals surface area (Å²) >= 11 is 1.36. The summed E-state index contributed by atoms with van der Waals surface area (Å²) in [5.74, 6) is 1.47. The third kappa shape index (κ3) is 5.38. The zero-order valence-corrected chi connectivity index (χ0v) is 17.8. The number of nitrogens with one attached hydrogen (secondary N) is 1. The fourth-order valence-electron chi connectivity index (χ4n) is 2.81. The number of carbonyl (C=O) groups excluding carboxylic acids is 1. The van der Waals surface area contributed by atoms with Crippen LogP contribution in [0.2, 0.25) is 0 Å². The first kappa shape index (κ1) is 20.9. The molecular weight excluding hydrogens is 388 g/mol. The lowest BCUT2D eigenvalue weighted by atomic mass is 10.1. The van der Waals surface area contributed by atoms with Crippen LogP contribution < -0.4 is 10.1 Å². The molecule has 2 heterocycles. The van der Waals surface area contributed by atoms with Crippen LogP contribution in [0.1, 0.15) is 19.4 Å². The van der Waals surface area contributed by atoms with E-state index in [0.29, 0.717) is 30.0 Å². The van der Waals surface area contributed by atoms with E-state index in [1.807, 2.05) is 54.5 Å². The first-order chi connectivity index (χ1) is 14.1. The first-order valence-electron chi connectivity index (χ1n) is 9.65. The van der Waals surface area contributed by atoms with Gasteiger partial charge in [0.25, 0.3) is 0 Å². The van der Waals surface area contributed by atoms with Crippen LogP contribution >= 0.6 is 11.8 Å². The lowest BCUT2D eigenvalue weighted by molar-refractivity contribution is -0.118. The average Bonchev–Trinajstić information content (AvgIpc) is 3.30. The third-order valence-corrected chi connectivity index (χ3v) is 5.34. The number of carbonyl (C=O) groups is 1. The maximum Gasteiger partial charge on any atom is 0.243 e. The highest BCUT2D eigenvalue weighted by Gasteiger charge is 2.19. The molecule has 3 rings (SSSR count). The number of hydrogen-bond acceptors (Lipinski definition) is 6. The van der Waals surface area contributed by atoms with E-state index in [4.69, 9.17) is 4.74 Å². The van der Waals surface area contributed by atoms with Gasteiger partial charge in [-0.2, -0.15) is 0 Å². The summed E-state index contributed by atoms with van der Waals surface area (Å²) in [6, 6.07) is 10.1. The molecule has 29 heavy (non-hydrogen) atoms. The van der Waals surface area contributed by atoms with Crippen molar-refractivity contribution in [3.05, 3.63) is 42.1 Å². The molecule has 0 saturated heterocycles. The molecule has 1 amide bonds. The summed E-state index contributed by atoms with van der Waals surface area (Å²) < 4.78 is 9.30. The van der Waals surface area contributed by atoms with E-state index >= 15 is 0 Å². The monoisotopic (exact) mass is 414 g/mol. The number of aromatic nitrogens is 5. The summed E-state index contributed by atoms with van der Waals surface area (Å²) in [6.45, 7) is 5.81. The second kappa shape index (κ2) is 10.1. The van der Waals surface area contributed by atoms with E-state index in [1.165, 1.54) is 17.3 Å². The topological polar surface area (TPSA) is 86.9 Å². The molecule has 3 aromatic rings. The second-order valence-electron chi connectivity index (χ2n) is 6.38. The minimum atomic E-state index is -0.0238. The predicted octanol–water partition coefficient (Wildman–Crippen LogP) is 2.55. The number of thioether (sulfide) groups is 1. The Morgan fingerprint density at radius 1 is 1.21 bits per heavy atom. The molecule has 0 saturated carbocycles. The molecule has 2 aromatic heterocycles. The van der Waals surface area contributed by atoms with Crippen LogP contribution in [-0.2, 0) is 24.8 Å². The van der Waals surface area contributed by atoms with Gasteiger partial charge in [0.2, 0.25) is 11.8 Å². The normalized spacial score (nSPS) is 10.9. The number of amides is 1. The Morgan fingerprint density at radius 3 is 2.72 bits per heavy atom. The number of ether oxygens (including phenoxy) is 1. The van der Waals surface area contributed by atoms with Crippen molar-refractivity contribution in [1.29, 1.82) is 0 Å². The van der Waals surface area contributed by atoms with Crippen molar-refractivity contribution in [2.24, 2.45) is 7.05 Å². The third-order valence-electron chi connectivity index (χ3n) is 4.32. The Bertz CT molecular complexity index is 938. The van der Waals surface area contributed by atoms with E-state index < -0.39 is 0 Å². The van der Waals surface area contributed by atoms with E-state index in [1.54, 1.807) is 0 Å². The highest BCUT2D eigenvalue weighted by atomic mass is 32.2. The van der Waals surface area contributed by atoms with Crippen LogP contribution in [0, 0.1) is 0 Å². The maximum atomic E-state index is 12.2. The lowest BCUT2D eigenvalue weighted by Gasteiger charge is -2.06. The summed E-state index contributed by atoms with van der Waals surface area (Å²) in [6.07, 6.45) is 2.72. The van der Waals surface area contributed by atoms with Crippen LogP contribution in [0.3, 0.4) is 0 Å². The molecule has 154 valence electrons. The predicted molar refractivity (Wildman–Crippen MR) is 113 cm³/mol. The highest BCUT2D eigenvalue weighted by Crippen LogP contribution is 2.29. The zero-order chi connectivity index (χ0) is 20.6. The standard InChI is InChI=1S/C20H26N6O2S/c1-4-26-13-16(19(24-26)28-5-2)18-22-23-20(25(18)3)29-14-17(27)21-12-11-15-9-7-6-8-10-15/h6-10,13H,4-5,11-12,14H2,1-3H3,(H,21,27). The molecule has 0 spiro atoms. The van der Waals surface area contributed by atoms with Crippen molar-refractivity contribution in [3.63, 3.8) is 0 Å². The molecule has 0 bridgehead atoms. The largest absolute Gasteiger partial charge is 0.476 e. The molecule has 0 aliphatic carbocycles. The van der Waals surface area contributed by atoms with Gasteiger partial charge in [0.15, 0.2) is 11.0 Å². The van der Waals surface area contributed by atoms with Crippen molar-refractivity contribution in [3.8, 4) is 17.3 Å². The van der Waals surface area contributed by atoms with Crippen LogP contribution in [0.5, 0.6) is 5.88 Å². The van der Waals surface area contributed by atoms with Gasteiger partial charge in [-0.25, -0.2) is 0 Å². The van der Waals surface area contributed by atoms with Crippen LogP contribution in [0.4, 0.5) is 0 Å². The van der Waals surface area contributed by atoms with Crippen molar-refractivity contribution >= 4 is 17.7 Å².